The van der Waals surface area contributed by atoms with E-state index in [2.05, 4.69) is 0 Å². The van der Waals surface area contributed by atoms with Crippen molar-refractivity contribution >= 4 is 17.5 Å². The van der Waals surface area contributed by atoms with E-state index in [0.717, 1.165) is 63.7 Å². The Morgan fingerprint density at radius 1 is 0.724 bits per heavy atom. The molecule has 0 aromatic heterocycles. The Bertz CT molecular complexity index is 822. The lowest BCUT2D eigenvalue weighted by atomic mass is 9.78. The van der Waals surface area contributed by atoms with E-state index in [-0.39, 0.29) is 11.8 Å². The highest BCUT2D eigenvalue weighted by molar-refractivity contribution is 6.11. The number of hydrogen-bond acceptors (Lipinski definition) is 2. The van der Waals surface area contributed by atoms with Gasteiger partial charge in [0.1, 0.15) is 5.54 Å². The molecule has 0 bridgehead atoms. The SMILES string of the molecule is O=C(c1ccccc1)N(c1ccccc1)C1(C(=O)N2CCCCC2)CCCCC1. The summed E-state index contributed by atoms with van der Waals surface area (Å²) < 4.78 is 0. The molecule has 2 aromatic rings. The summed E-state index contributed by atoms with van der Waals surface area (Å²) in [4.78, 5) is 31.6. The minimum absolute atomic E-state index is 0.0796. The zero-order chi connectivity index (χ0) is 20.1. The number of carbonyl (C=O) groups is 2. The van der Waals surface area contributed by atoms with Crippen molar-refractivity contribution in [3.05, 3.63) is 66.2 Å². The van der Waals surface area contributed by atoms with Gasteiger partial charge in [-0.1, -0.05) is 55.7 Å². The van der Waals surface area contributed by atoms with Gasteiger partial charge < -0.3 is 4.90 Å². The summed E-state index contributed by atoms with van der Waals surface area (Å²) in [5.41, 5.74) is 0.658. The first-order valence-electron chi connectivity index (χ1n) is 11.0. The molecule has 1 heterocycles. The minimum Gasteiger partial charge on any atom is -0.341 e. The van der Waals surface area contributed by atoms with Gasteiger partial charge in [0.15, 0.2) is 0 Å². The Morgan fingerprint density at radius 2 is 1.28 bits per heavy atom. The van der Waals surface area contributed by atoms with Gasteiger partial charge >= 0.3 is 0 Å². The third kappa shape index (κ3) is 3.93. The molecule has 1 aliphatic heterocycles. The van der Waals surface area contributed by atoms with Crippen LogP contribution in [-0.2, 0) is 4.79 Å². The number of para-hydroxylation sites is 1. The summed E-state index contributed by atoms with van der Waals surface area (Å²) in [5, 5.41) is 0. The van der Waals surface area contributed by atoms with E-state index in [1.807, 2.05) is 70.5 Å². The summed E-state index contributed by atoms with van der Waals surface area (Å²) in [7, 11) is 0. The van der Waals surface area contributed by atoms with Crippen LogP contribution in [0.3, 0.4) is 0 Å². The average molecular weight is 391 g/mol. The van der Waals surface area contributed by atoms with Crippen LogP contribution >= 0.6 is 0 Å². The largest absolute Gasteiger partial charge is 0.341 e. The number of anilines is 1. The number of amides is 2. The van der Waals surface area contributed by atoms with Gasteiger partial charge in [-0.15, -0.1) is 0 Å². The monoisotopic (exact) mass is 390 g/mol. The molecule has 1 saturated heterocycles. The van der Waals surface area contributed by atoms with E-state index < -0.39 is 5.54 Å². The molecule has 4 nitrogen and oxygen atoms in total. The molecular weight excluding hydrogens is 360 g/mol. The number of nitrogens with zero attached hydrogens (tertiary/aromatic N) is 2. The fourth-order valence-corrected chi connectivity index (χ4v) is 4.91. The molecule has 0 unspecified atom stereocenters. The molecule has 2 aromatic carbocycles. The minimum atomic E-state index is -0.788. The number of carbonyl (C=O) groups excluding carboxylic acids is 2. The molecular formula is C25H30N2O2. The lowest BCUT2D eigenvalue weighted by Gasteiger charge is -2.48. The first-order valence-corrected chi connectivity index (χ1v) is 11.0. The molecule has 1 aliphatic carbocycles. The molecule has 29 heavy (non-hydrogen) atoms. The van der Waals surface area contributed by atoms with Gasteiger partial charge in [-0.2, -0.15) is 0 Å². The molecule has 0 radical (unpaired) electrons. The van der Waals surface area contributed by atoms with Crippen molar-refractivity contribution in [2.45, 2.75) is 56.9 Å². The molecule has 0 N–H and O–H groups in total. The standard InChI is InChI=1S/C25H30N2O2/c28-23(21-13-5-1-6-14-21)27(22-15-7-2-8-16-22)25(17-9-3-10-18-25)24(29)26-19-11-4-12-20-26/h1-2,5-8,13-16H,3-4,9-12,17-20H2. The first-order chi connectivity index (χ1) is 14.2. The summed E-state index contributed by atoms with van der Waals surface area (Å²) in [6.07, 6.45) is 7.83. The zero-order valence-corrected chi connectivity index (χ0v) is 17.1. The van der Waals surface area contributed by atoms with Crippen molar-refractivity contribution in [2.75, 3.05) is 18.0 Å². The van der Waals surface area contributed by atoms with Gasteiger partial charge in [-0.05, 0) is 56.4 Å². The van der Waals surface area contributed by atoms with Crippen LogP contribution in [-0.4, -0.2) is 35.3 Å². The van der Waals surface area contributed by atoms with Crippen molar-refractivity contribution in [3.8, 4) is 0 Å². The van der Waals surface area contributed by atoms with E-state index in [0.29, 0.717) is 5.56 Å². The Kier molecular flexibility index (Phi) is 5.98. The first kappa shape index (κ1) is 19.7. The van der Waals surface area contributed by atoms with E-state index in [1.165, 1.54) is 6.42 Å². The molecule has 1 saturated carbocycles. The highest BCUT2D eigenvalue weighted by Crippen LogP contribution is 2.40. The molecule has 2 aliphatic rings. The van der Waals surface area contributed by atoms with Crippen molar-refractivity contribution in [3.63, 3.8) is 0 Å². The van der Waals surface area contributed by atoms with Crippen molar-refractivity contribution < 1.29 is 9.59 Å². The Hall–Kier alpha value is -2.62. The maximum absolute atomic E-state index is 14.0. The number of piperidine rings is 1. The molecule has 0 spiro atoms. The maximum atomic E-state index is 14.0. The highest BCUT2D eigenvalue weighted by Gasteiger charge is 2.49. The molecule has 0 atom stereocenters. The topological polar surface area (TPSA) is 40.6 Å². The van der Waals surface area contributed by atoms with Crippen LogP contribution in [0, 0.1) is 0 Å². The van der Waals surface area contributed by atoms with Gasteiger partial charge in [0.05, 0.1) is 0 Å². The van der Waals surface area contributed by atoms with E-state index >= 15 is 0 Å². The fraction of sp³-hybridized carbons (Fsp3) is 0.440. The van der Waals surface area contributed by atoms with Crippen LogP contribution < -0.4 is 4.90 Å². The van der Waals surface area contributed by atoms with Crippen molar-refractivity contribution in [1.82, 2.24) is 4.90 Å². The Balaban J connectivity index is 1.80. The molecule has 4 heteroatoms. The van der Waals surface area contributed by atoms with E-state index in [9.17, 15) is 9.59 Å². The lowest BCUT2D eigenvalue weighted by Crippen LogP contribution is -2.63. The molecule has 152 valence electrons. The smallest absolute Gasteiger partial charge is 0.259 e. The second-order valence-electron chi connectivity index (χ2n) is 8.29. The molecule has 2 fully saturated rings. The average Bonchev–Trinajstić information content (AvgIpc) is 2.81. The summed E-state index contributed by atoms with van der Waals surface area (Å²) in [6.45, 7) is 1.62. The number of rotatable bonds is 4. The van der Waals surface area contributed by atoms with Crippen LogP contribution in [0.25, 0.3) is 0 Å². The third-order valence-corrected chi connectivity index (χ3v) is 6.39. The van der Waals surface area contributed by atoms with Crippen molar-refractivity contribution in [2.24, 2.45) is 0 Å². The quantitative estimate of drug-likeness (QED) is 0.733. The summed E-state index contributed by atoms with van der Waals surface area (Å²) >= 11 is 0. The predicted molar refractivity (Wildman–Crippen MR) is 116 cm³/mol. The highest BCUT2D eigenvalue weighted by atomic mass is 16.2. The van der Waals surface area contributed by atoms with Gasteiger partial charge in [0, 0.05) is 24.3 Å². The Labute approximate surface area is 173 Å². The Morgan fingerprint density at radius 3 is 1.90 bits per heavy atom. The lowest BCUT2D eigenvalue weighted by molar-refractivity contribution is -0.139. The normalized spacial score (nSPS) is 18.8. The van der Waals surface area contributed by atoms with Crippen LogP contribution in [0.4, 0.5) is 5.69 Å². The maximum Gasteiger partial charge on any atom is 0.259 e. The van der Waals surface area contributed by atoms with Gasteiger partial charge in [-0.25, -0.2) is 0 Å². The second kappa shape index (κ2) is 8.81. The van der Waals surface area contributed by atoms with Gasteiger partial charge in [0.25, 0.3) is 5.91 Å². The number of likely N-dealkylation sites (tertiary alicyclic amines) is 1. The fourth-order valence-electron chi connectivity index (χ4n) is 4.91. The van der Waals surface area contributed by atoms with Crippen LogP contribution in [0.15, 0.2) is 60.7 Å². The molecule has 2 amide bonds. The second-order valence-corrected chi connectivity index (χ2v) is 8.29. The van der Waals surface area contributed by atoms with Crippen LogP contribution in [0.2, 0.25) is 0 Å². The van der Waals surface area contributed by atoms with E-state index in [4.69, 9.17) is 0 Å². The van der Waals surface area contributed by atoms with Crippen molar-refractivity contribution in [1.29, 1.82) is 0 Å². The molecule has 4 rings (SSSR count). The van der Waals surface area contributed by atoms with Crippen LogP contribution in [0.1, 0.15) is 61.7 Å². The van der Waals surface area contributed by atoms with Gasteiger partial charge in [0.2, 0.25) is 5.91 Å². The predicted octanol–water partition coefficient (Wildman–Crippen LogP) is 5.05. The van der Waals surface area contributed by atoms with Crippen LogP contribution in [0.5, 0.6) is 0 Å². The summed E-state index contributed by atoms with van der Waals surface area (Å²) in [6, 6.07) is 19.1. The van der Waals surface area contributed by atoms with Gasteiger partial charge in [-0.3, -0.25) is 14.5 Å². The van der Waals surface area contributed by atoms with E-state index in [1.54, 1.807) is 0 Å². The third-order valence-electron chi connectivity index (χ3n) is 6.39. The summed E-state index contributed by atoms with van der Waals surface area (Å²) in [5.74, 6) is 0.0640. The zero-order valence-electron chi connectivity index (χ0n) is 17.1. The number of hydrogen-bond donors (Lipinski definition) is 0. The number of benzene rings is 2.